The fraction of sp³-hybridized carbons (Fsp3) is 0.538. The van der Waals surface area contributed by atoms with E-state index in [0.717, 1.165) is 20.7 Å². The van der Waals surface area contributed by atoms with E-state index in [-0.39, 0.29) is 41.6 Å². The molecular formula is C52H86O12Si9. The van der Waals surface area contributed by atoms with E-state index in [1.165, 1.54) is 0 Å². The molecule has 4 unspecified atom stereocenters. The Balaban J connectivity index is 1.62. The Bertz CT molecular complexity index is 2310. The first kappa shape index (κ1) is 59.0. The third-order valence-corrected chi connectivity index (χ3v) is 58.2. The Labute approximate surface area is 448 Å². The minimum absolute atomic E-state index is 0.00558. The van der Waals surface area contributed by atoms with Crippen molar-refractivity contribution < 1.29 is 50.4 Å². The summed E-state index contributed by atoms with van der Waals surface area (Å²) in [5, 5.41) is 3.98. The maximum atomic E-state index is 13.7. The van der Waals surface area contributed by atoms with Crippen molar-refractivity contribution in [1.29, 1.82) is 0 Å². The van der Waals surface area contributed by atoms with E-state index in [9.17, 15) is 4.80 Å². The molecule has 0 saturated carbocycles. The molecule has 402 valence electrons. The fourth-order valence-electron chi connectivity index (χ4n) is 11.1. The van der Waals surface area contributed by atoms with Crippen molar-refractivity contribution in [3.63, 3.8) is 0 Å². The highest BCUT2D eigenvalue weighted by molar-refractivity contribution is 7.09. The van der Waals surface area contributed by atoms with Gasteiger partial charge in [-0.25, -0.2) is 0 Å². The molecule has 3 aliphatic rings. The quantitative estimate of drug-likeness (QED) is 0.0800. The molecule has 0 aliphatic carbocycles. The first-order valence-electron chi connectivity index (χ1n) is 26.8. The second-order valence-electron chi connectivity index (χ2n) is 23.6. The topological polar surface area (TPSA) is 122 Å². The third-order valence-electron chi connectivity index (χ3n) is 13.2. The van der Waals surface area contributed by atoms with Crippen LogP contribution < -0.4 is 20.7 Å². The van der Waals surface area contributed by atoms with Gasteiger partial charge in [-0.1, -0.05) is 204 Å². The van der Waals surface area contributed by atoms with Gasteiger partial charge in [0.05, 0.1) is 0 Å². The summed E-state index contributed by atoms with van der Waals surface area (Å²) in [6.07, 6.45) is 0. The molecule has 7 atom stereocenters. The second kappa shape index (κ2) is 23.4. The lowest BCUT2D eigenvalue weighted by molar-refractivity contribution is 0.0458. The molecule has 4 aromatic rings. The summed E-state index contributed by atoms with van der Waals surface area (Å²) in [6.45, 7) is 30.2. The van der Waals surface area contributed by atoms with Gasteiger partial charge < -0.3 is 50.4 Å². The molecule has 12 nitrogen and oxygen atoms in total. The van der Waals surface area contributed by atoms with Crippen LogP contribution in [0.1, 0.15) is 83.1 Å². The van der Waals surface area contributed by atoms with Crippen LogP contribution in [0.3, 0.4) is 0 Å². The lowest BCUT2D eigenvalue weighted by Crippen LogP contribution is -2.83. The zero-order valence-corrected chi connectivity index (χ0v) is 55.4. The van der Waals surface area contributed by atoms with Gasteiger partial charge >= 0.3 is 69.7 Å². The van der Waals surface area contributed by atoms with E-state index in [0.29, 0.717) is 35.9 Å². The Hall–Kier alpha value is -1.65. The van der Waals surface area contributed by atoms with Crippen molar-refractivity contribution in [2.75, 3.05) is 7.11 Å². The highest BCUT2D eigenvalue weighted by atomic mass is 28.6. The standard InChI is InChI=1S/C52H86O12Si9/c1-43(2)36-67-42-65(14)55-69(54-13,38-45(5)6)62-71(58-67,40-47(9)10)60-68(53,37-44(3)4)61-72(59-67,41-48(11)12)63-70(56-65,39-46(7)8)64-73(51-32-24-18-25-33-51,52-34-26-19-27-35-52)57-66(15,49-28-20-16-21-29-49)50-30-22-17-23-31-50/h16-35,43-48,53H,36-42H2,1-15H3/t65-,67+,68?,69+,70?,71?,72?/m1/s1. The van der Waals surface area contributed by atoms with Gasteiger partial charge in [0, 0.05) is 43.0 Å². The van der Waals surface area contributed by atoms with E-state index in [1.807, 2.05) is 12.1 Å². The minimum Gasteiger partial charge on any atom is -0.422 e. The summed E-state index contributed by atoms with van der Waals surface area (Å²) in [7, 11) is -34.2. The number of benzene rings is 4. The molecular weight excluding hydrogens is 1070 g/mol. The van der Waals surface area contributed by atoms with Crippen LogP contribution >= 0.6 is 0 Å². The van der Waals surface area contributed by atoms with Crippen molar-refractivity contribution in [1.82, 2.24) is 0 Å². The molecule has 0 aromatic heterocycles. The third kappa shape index (κ3) is 14.0. The SMILES string of the molecule is CO[Si@]1(CC(C)C)O[Si]2(CC(C)C)O[Si](O)(CC(C)C)O[Si]3(CC(C)C)O[Si](CC(C)C)(O[Si](O[Si](C)(c4ccccc4)c4ccccc4)(c4ccccc4)c4ccccc4)O[Si@](C)(C[Si@](CC(C)C)(O3)O2)O1. The summed E-state index contributed by atoms with van der Waals surface area (Å²) < 4.78 is 87.2. The van der Waals surface area contributed by atoms with Crippen LogP contribution in [0.5, 0.6) is 0 Å². The van der Waals surface area contributed by atoms with Crippen molar-refractivity contribution in [3.05, 3.63) is 121 Å². The van der Waals surface area contributed by atoms with E-state index < -0.39 is 78.0 Å². The maximum Gasteiger partial charge on any atom is 0.484 e. The van der Waals surface area contributed by atoms with Crippen LogP contribution in [-0.2, 0) is 45.6 Å². The number of rotatable bonds is 21. The van der Waals surface area contributed by atoms with Crippen molar-refractivity contribution in [2.45, 2.75) is 138 Å². The monoisotopic (exact) mass is 1150 g/mol. The van der Waals surface area contributed by atoms with Gasteiger partial charge in [0.25, 0.3) is 0 Å². The number of hydrogen-bond acceptors (Lipinski definition) is 12. The Kier molecular flexibility index (Phi) is 18.9. The van der Waals surface area contributed by atoms with Gasteiger partial charge in [0.2, 0.25) is 8.32 Å². The predicted molar refractivity (Wildman–Crippen MR) is 311 cm³/mol. The summed E-state index contributed by atoms with van der Waals surface area (Å²) in [5.74, 6) is 0.212. The van der Waals surface area contributed by atoms with Crippen molar-refractivity contribution in [3.8, 4) is 0 Å². The molecule has 0 amide bonds. The van der Waals surface area contributed by atoms with Gasteiger partial charge in [0.1, 0.15) is 0 Å². The van der Waals surface area contributed by atoms with Crippen LogP contribution in [0.15, 0.2) is 121 Å². The first-order chi connectivity index (χ1) is 34.3. The van der Waals surface area contributed by atoms with Crippen LogP contribution in [-0.4, -0.2) is 89.9 Å². The van der Waals surface area contributed by atoms with Gasteiger partial charge in [-0.3, -0.25) is 0 Å². The number of fused-ring (bicyclic) bond motifs is 3. The average molecular weight is 1160 g/mol. The Morgan fingerprint density at radius 1 is 0.452 bits per heavy atom. The normalized spacial score (nSPS) is 30.2. The molecule has 0 radical (unpaired) electrons. The first-order valence-corrected chi connectivity index (χ1v) is 45.4. The van der Waals surface area contributed by atoms with Gasteiger partial charge in [0.15, 0.2) is 0 Å². The molecule has 4 aromatic carbocycles. The summed E-state index contributed by atoms with van der Waals surface area (Å²) in [5.41, 5.74) is 0.362. The van der Waals surface area contributed by atoms with Gasteiger partial charge in [-0.15, -0.1) is 0 Å². The average Bonchev–Trinajstić information content (AvgIpc) is 3.26. The van der Waals surface area contributed by atoms with Crippen LogP contribution in [0.25, 0.3) is 0 Å². The molecule has 3 fully saturated rings. The highest BCUT2D eigenvalue weighted by Crippen LogP contribution is 2.51. The molecule has 1 N–H and O–H groups in total. The Morgan fingerprint density at radius 2 is 0.808 bits per heavy atom. The van der Waals surface area contributed by atoms with Crippen molar-refractivity contribution >= 4 is 98.8 Å². The molecule has 3 aliphatic heterocycles. The van der Waals surface area contributed by atoms with E-state index in [1.54, 1.807) is 7.11 Å². The van der Waals surface area contributed by atoms with Crippen LogP contribution in [0.4, 0.5) is 0 Å². The van der Waals surface area contributed by atoms with E-state index >= 15 is 0 Å². The van der Waals surface area contributed by atoms with Crippen molar-refractivity contribution in [2.24, 2.45) is 35.5 Å². The second-order valence-corrected chi connectivity index (χ2v) is 52.6. The van der Waals surface area contributed by atoms with E-state index in [2.05, 4.69) is 205 Å². The Morgan fingerprint density at radius 3 is 1.19 bits per heavy atom. The van der Waals surface area contributed by atoms with Gasteiger partial charge in [-0.05, 0) is 75.4 Å². The zero-order chi connectivity index (χ0) is 53.1. The lowest BCUT2D eigenvalue weighted by Gasteiger charge is -2.59. The summed E-state index contributed by atoms with van der Waals surface area (Å²) >= 11 is 0. The highest BCUT2D eigenvalue weighted by Gasteiger charge is 2.76. The zero-order valence-electron chi connectivity index (χ0n) is 46.4. The van der Waals surface area contributed by atoms with E-state index in [4.69, 9.17) is 45.6 Å². The molecule has 73 heavy (non-hydrogen) atoms. The van der Waals surface area contributed by atoms with Gasteiger partial charge in [-0.2, -0.15) is 0 Å². The molecule has 3 saturated heterocycles. The molecule has 7 rings (SSSR count). The smallest absolute Gasteiger partial charge is 0.422 e. The predicted octanol–water partition coefficient (Wildman–Crippen LogP) is 10.2. The van der Waals surface area contributed by atoms with Crippen LogP contribution in [0.2, 0.25) is 55.0 Å². The fourth-order valence-corrected chi connectivity index (χ4v) is 67.0. The number of hydrogen-bond donors (Lipinski definition) is 1. The lowest BCUT2D eigenvalue weighted by atomic mass is 10.3. The maximum absolute atomic E-state index is 13.7. The molecule has 4 bridgehead atoms. The van der Waals surface area contributed by atoms with Crippen LogP contribution in [0, 0.1) is 35.5 Å². The minimum atomic E-state index is -4.43. The summed E-state index contributed by atoms with van der Waals surface area (Å²) in [6, 6.07) is 44.4. The molecule has 21 heteroatoms. The summed E-state index contributed by atoms with van der Waals surface area (Å²) in [4.78, 5) is 13.7. The largest absolute Gasteiger partial charge is 0.484 e. The molecule has 3 heterocycles. The molecule has 0 spiro atoms.